The third-order valence-electron chi connectivity index (χ3n) is 3.53. The average Bonchev–Trinajstić information content (AvgIpc) is 2.60. The smallest absolute Gasteiger partial charge is 0.234 e. The fourth-order valence-electron chi connectivity index (χ4n) is 2.34. The first kappa shape index (κ1) is 18.3. The first-order valence-corrected chi connectivity index (χ1v) is 8.23. The third kappa shape index (κ3) is 6.56. The van der Waals surface area contributed by atoms with E-state index in [9.17, 15) is 4.79 Å². The van der Waals surface area contributed by atoms with E-state index in [1.807, 2.05) is 61.5 Å². The van der Waals surface area contributed by atoms with Crippen LogP contribution in [0.4, 0.5) is 0 Å². The second-order valence-corrected chi connectivity index (χ2v) is 5.56. The molecule has 1 amide bonds. The van der Waals surface area contributed by atoms with Gasteiger partial charge in [-0.1, -0.05) is 30.3 Å². The van der Waals surface area contributed by atoms with Gasteiger partial charge in [-0.05, 0) is 42.7 Å². The number of rotatable bonds is 9. The number of carbonyl (C=O) groups is 1. The summed E-state index contributed by atoms with van der Waals surface area (Å²) in [6.45, 7) is 3.39. The van der Waals surface area contributed by atoms with Gasteiger partial charge in [-0.3, -0.25) is 4.79 Å². The summed E-state index contributed by atoms with van der Waals surface area (Å²) < 4.78 is 11.5. The second-order valence-electron chi connectivity index (χ2n) is 5.56. The van der Waals surface area contributed by atoms with Crippen LogP contribution in [0.25, 0.3) is 0 Å². The van der Waals surface area contributed by atoms with Crippen LogP contribution in [0, 0.1) is 18.3 Å². The maximum Gasteiger partial charge on any atom is 0.234 e. The zero-order valence-corrected chi connectivity index (χ0v) is 14.3. The quantitative estimate of drug-likeness (QED) is 0.714. The van der Waals surface area contributed by atoms with Gasteiger partial charge < -0.3 is 14.8 Å². The van der Waals surface area contributed by atoms with E-state index in [-0.39, 0.29) is 12.3 Å². The van der Waals surface area contributed by atoms with Crippen LogP contribution in [0.15, 0.2) is 48.5 Å². The van der Waals surface area contributed by atoms with E-state index in [1.54, 1.807) is 0 Å². The number of hydrogen-bond donors (Lipinski definition) is 1. The molecular formula is C20H22N2O3. The standard InChI is InChI=1S/C20H22N2O3/c1-16-5-4-7-18(15-16)24-13-14-25-19-8-3-2-6-17(19)10-12-22-20(23)9-11-21/h2-8,15H,9-10,12-14H2,1H3,(H,22,23). The molecule has 0 aliphatic rings. The summed E-state index contributed by atoms with van der Waals surface area (Å²) in [7, 11) is 0. The van der Waals surface area contributed by atoms with E-state index in [1.165, 1.54) is 0 Å². The van der Waals surface area contributed by atoms with E-state index in [4.69, 9.17) is 14.7 Å². The van der Waals surface area contributed by atoms with Crippen molar-refractivity contribution in [3.8, 4) is 17.6 Å². The summed E-state index contributed by atoms with van der Waals surface area (Å²) in [6.07, 6.45) is 0.528. The molecule has 0 aliphatic carbocycles. The molecule has 5 heteroatoms. The van der Waals surface area contributed by atoms with Gasteiger partial charge in [0.2, 0.25) is 5.91 Å². The molecule has 0 bridgehead atoms. The van der Waals surface area contributed by atoms with Crippen LogP contribution in [0.3, 0.4) is 0 Å². The molecule has 0 atom stereocenters. The molecule has 130 valence electrons. The molecule has 0 saturated heterocycles. The zero-order chi connectivity index (χ0) is 17.9. The van der Waals surface area contributed by atoms with Crippen molar-refractivity contribution in [2.24, 2.45) is 0 Å². The number of nitriles is 1. The van der Waals surface area contributed by atoms with Gasteiger partial charge in [0.25, 0.3) is 0 Å². The molecule has 2 rings (SSSR count). The molecule has 5 nitrogen and oxygen atoms in total. The molecule has 0 fully saturated rings. The number of benzene rings is 2. The van der Waals surface area contributed by atoms with Crippen LogP contribution in [-0.2, 0) is 11.2 Å². The lowest BCUT2D eigenvalue weighted by Gasteiger charge is -2.12. The maximum absolute atomic E-state index is 11.3. The zero-order valence-electron chi connectivity index (χ0n) is 14.3. The van der Waals surface area contributed by atoms with Crippen LogP contribution >= 0.6 is 0 Å². The molecule has 0 aromatic heterocycles. The number of nitrogens with zero attached hydrogens (tertiary/aromatic N) is 1. The molecule has 0 unspecified atom stereocenters. The summed E-state index contributed by atoms with van der Waals surface area (Å²) in [5, 5.41) is 11.2. The average molecular weight is 338 g/mol. The highest BCUT2D eigenvalue weighted by Crippen LogP contribution is 2.18. The van der Waals surface area contributed by atoms with Crippen LogP contribution in [0.2, 0.25) is 0 Å². The number of hydrogen-bond acceptors (Lipinski definition) is 4. The molecule has 0 saturated carbocycles. The van der Waals surface area contributed by atoms with Crippen LogP contribution in [0.5, 0.6) is 11.5 Å². The summed E-state index contributed by atoms with van der Waals surface area (Å²) >= 11 is 0. The molecule has 2 aromatic carbocycles. The normalized spacial score (nSPS) is 9.92. The lowest BCUT2D eigenvalue weighted by molar-refractivity contribution is -0.120. The van der Waals surface area contributed by atoms with Gasteiger partial charge in [0, 0.05) is 6.54 Å². The Morgan fingerprint density at radius 2 is 1.92 bits per heavy atom. The van der Waals surface area contributed by atoms with Crippen LogP contribution in [-0.4, -0.2) is 25.7 Å². The predicted octanol–water partition coefficient (Wildman–Crippen LogP) is 3.03. The number of para-hydroxylation sites is 1. The van der Waals surface area contributed by atoms with Gasteiger partial charge in [-0.2, -0.15) is 5.26 Å². The predicted molar refractivity (Wildman–Crippen MR) is 95.6 cm³/mol. The van der Waals surface area contributed by atoms with Gasteiger partial charge in [0.05, 0.1) is 6.07 Å². The molecule has 25 heavy (non-hydrogen) atoms. The van der Waals surface area contributed by atoms with E-state index in [0.29, 0.717) is 26.2 Å². The molecule has 0 radical (unpaired) electrons. The molecular weight excluding hydrogens is 316 g/mol. The fraction of sp³-hybridized carbons (Fsp3) is 0.300. The van der Waals surface area contributed by atoms with Crippen molar-refractivity contribution in [1.29, 1.82) is 5.26 Å². The highest BCUT2D eigenvalue weighted by molar-refractivity contribution is 5.77. The van der Waals surface area contributed by atoms with Crippen molar-refractivity contribution >= 4 is 5.91 Å². The minimum absolute atomic E-state index is 0.117. The number of ether oxygens (including phenoxy) is 2. The third-order valence-corrected chi connectivity index (χ3v) is 3.53. The minimum atomic E-state index is -0.257. The fourth-order valence-corrected chi connectivity index (χ4v) is 2.34. The largest absolute Gasteiger partial charge is 0.490 e. The number of nitrogens with one attached hydrogen (secondary N) is 1. The lowest BCUT2D eigenvalue weighted by atomic mass is 10.1. The minimum Gasteiger partial charge on any atom is -0.490 e. The monoisotopic (exact) mass is 338 g/mol. The summed E-state index contributed by atoms with van der Waals surface area (Å²) in [4.78, 5) is 11.3. The number of amides is 1. The SMILES string of the molecule is Cc1cccc(OCCOc2ccccc2CCNC(=O)CC#N)c1. The Morgan fingerprint density at radius 3 is 2.72 bits per heavy atom. The Bertz CT molecular complexity index is 738. The van der Waals surface area contributed by atoms with Crippen molar-refractivity contribution in [2.75, 3.05) is 19.8 Å². The first-order chi connectivity index (χ1) is 12.2. The molecule has 2 aromatic rings. The van der Waals surface area contributed by atoms with Crippen LogP contribution in [0.1, 0.15) is 17.5 Å². The van der Waals surface area contributed by atoms with Crippen molar-refractivity contribution < 1.29 is 14.3 Å². The van der Waals surface area contributed by atoms with Gasteiger partial charge in [0.15, 0.2) is 0 Å². The molecule has 0 aliphatic heterocycles. The van der Waals surface area contributed by atoms with Gasteiger partial charge in [0.1, 0.15) is 31.1 Å². The van der Waals surface area contributed by atoms with Gasteiger partial charge in [-0.25, -0.2) is 0 Å². The van der Waals surface area contributed by atoms with Crippen molar-refractivity contribution in [3.63, 3.8) is 0 Å². The Morgan fingerprint density at radius 1 is 1.12 bits per heavy atom. The Hall–Kier alpha value is -3.00. The Labute approximate surface area is 148 Å². The topological polar surface area (TPSA) is 71.3 Å². The maximum atomic E-state index is 11.3. The highest BCUT2D eigenvalue weighted by atomic mass is 16.5. The molecule has 1 N–H and O–H groups in total. The van der Waals surface area contributed by atoms with Crippen LogP contribution < -0.4 is 14.8 Å². The van der Waals surface area contributed by atoms with Crippen molar-refractivity contribution in [1.82, 2.24) is 5.32 Å². The van der Waals surface area contributed by atoms with E-state index in [2.05, 4.69) is 5.32 Å². The van der Waals surface area contributed by atoms with E-state index < -0.39 is 0 Å². The van der Waals surface area contributed by atoms with E-state index >= 15 is 0 Å². The highest BCUT2D eigenvalue weighted by Gasteiger charge is 2.05. The molecule has 0 spiro atoms. The Kier molecular flexibility index (Phi) is 7.33. The van der Waals surface area contributed by atoms with E-state index in [0.717, 1.165) is 22.6 Å². The number of carbonyl (C=O) groups excluding carboxylic acids is 1. The van der Waals surface area contributed by atoms with Gasteiger partial charge >= 0.3 is 0 Å². The number of aryl methyl sites for hydroxylation is 1. The molecule has 0 heterocycles. The summed E-state index contributed by atoms with van der Waals surface area (Å²) in [5.41, 5.74) is 2.16. The second kappa shape index (κ2) is 9.99. The Balaban J connectivity index is 1.78. The summed E-state index contributed by atoms with van der Waals surface area (Å²) in [6, 6.07) is 17.4. The lowest BCUT2D eigenvalue weighted by Crippen LogP contribution is -2.25. The summed E-state index contributed by atoms with van der Waals surface area (Å²) in [5.74, 6) is 1.36. The van der Waals surface area contributed by atoms with Crippen molar-refractivity contribution in [2.45, 2.75) is 19.8 Å². The van der Waals surface area contributed by atoms with Gasteiger partial charge in [-0.15, -0.1) is 0 Å². The first-order valence-electron chi connectivity index (χ1n) is 8.23. The van der Waals surface area contributed by atoms with Crippen molar-refractivity contribution in [3.05, 3.63) is 59.7 Å².